The second-order valence-corrected chi connectivity index (χ2v) is 6.35. The summed E-state index contributed by atoms with van der Waals surface area (Å²) in [4.78, 5) is 4.42. The minimum Gasteiger partial charge on any atom is -0.382 e. The van der Waals surface area contributed by atoms with E-state index in [1.165, 1.54) is 32.1 Å². The highest BCUT2D eigenvalue weighted by molar-refractivity contribution is 5.25. The maximum Gasteiger partial charge on any atom is 0.202 e. The molecular formula is C17H31N3O. The standard InChI is InChI=1S/C17H31N3O/c1-3-21-13-5-9-18-17-19-10-12-20(17)11-8-16-7-4-6-15(2)14-16/h10,12,15-16H,3-9,11,13-14H2,1-2H3,(H,18,19). The Morgan fingerprint density at radius 1 is 1.43 bits per heavy atom. The molecule has 4 heteroatoms. The first-order valence-electron chi connectivity index (χ1n) is 8.62. The Kier molecular flexibility index (Phi) is 7.07. The van der Waals surface area contributed by atoms with Crippen LogP contribution in [0.3, 0.4) is 0 Å². The second-order valence-electron chi connectivity index (χ2n) is 6.35. The molecule has 1 fully saturated rings. The fourth-order valence-electron chi connectivity index (χ4n) is 3.32. The summed E-state index contributed by atoms with van der Waals surface area (Å²) in [6, 6.07) is 0. The number of rotatable bonds is 9. The molecule has 1 aromatic heterocycles. The SMILES string of the molecule is CCOCCCNc1nccn1CCC1CCCC(C)C1. The lowest BCUT2D eigenvalue weighted by molar-refractivity contribution is 0.147. The third kappa shape index (κ3) is 5.70. The van der Waals surface area contributed by atoms with Crippen LogP contribution >= 0.6 is 0 Å². The zero-order valence-corrected chi connectivity index (χ0v) is 13.7. The molecular weight excluding hydrogens is 262 g/mol. The molecule has 1 heterocycles. The first kappa shape index (κ1) is 16.3. The molecule has 0 radical (unpaired) electrons. The van der Waals surface area contributed by atoms with Gasteiger partial charge in [-0.15, -0.1) is 0 Å². The molecule has 2 unspecified atom stereocenters. The van der Waals surface area contributed by atoms with Gasteiger partial charge in [-0.1, -0.05) is 26.2 Å². The van der Waals surface area contributed by atoms with E-state index < -0.39 is 0 Å². The van der Waals surface area contributed by atoms with Crippen molar-refractivity contribution in [2.24, 2.45) is 11.8 Å². The summed E-state index contributed by atoms with van der Waals surface area (Å²) in [5, 5.41) is 3.42. The predicted molar refractivity (Wildman–Crippen MR) is 87.6 cm³/mol. The number of aromatic nitrogens is 2. The van der Waals surface area contributed by atoms with Crippen molar-refractivity contribution in [2.45, 2.75) is 58.9 Å². The summed E-state index contributed by atoms with van der Waals surface area (Å²) in [5.41, 5.74) is 0. The van der Waals surface area contributed by atoms with Gasteiger partial charge in [-0.3, -0.25) is 0 Å². The summed E-state index contributed by atoms with van der Waals surface area (Å²) in [5.74, 6) is 2.83. The van der Waals surface area contributed by atoms with Gasteiger partial charge in [0.25, 0.3) is 0 Å². The highest BCUT2D eigenvalue weighted by Crippen LogP contribution is 2.31. The van der Waals surface area contributed by atoms with Gasteiger partial charge in [0.1, 0.15) is 0 Å². The van der Waals surface area contributed by atoms with Gasteiger partial charge in [0.05, 0.1) is 0 Å². The van der Waals surface area contributed by atoms with Gasteiger partial charge >= 0.3 is 0 Å². The van der Waals surface area contributed by atoms with E-state index >= 15 is 0 Å². The van der Waals surface area contributed by atoms with Crippen molar-refractivity contribution in [1.82, 2.24) is 9.55 Å². The lowest BCUT2D eigenvalue weighted by atomic mass is 9.81. The van der Waals surface area contributed by atoms with Gasteiger partial charge in [-0.2, -0.15) is 0 Å². The van der Waals surface area contributed by atoms with E-state index in [-0.39, 0.29) is 0 Å². The van der Waals surface area contributed by atoms with Gasteiger partial charge in [0, 0.05) is 38.7 Å². The molecule has 1 aromatic rings. The zero-order chi connectivity index (χ0) is 14.9. The van der Waals surface area contributed by atoms with Crippen LogP contribution < -0.4 is 5.32 Å². The molecule has 0 aromatic carbocycles. The summed E-state index contributed by atoms with van der Waals surface area (Å²) in [6.07, 6.45) is 12.0. The fraction of sp³-hybridized carbons (Fsp3) is 0.824. The largest absolute Gasteiger partial charge is 0.382 e. The molecule has 0 bridgehead atoms. The molecule has 120 valence electrons. The number of nitrogens with zero attached hydrogens (tertiary/aromatic N) is 2. The number of ether oxygens (including phenoxy) is 1. The van der Waals surface area contributed by atoms with E-state index in [1.54, 1.807) is 0 Å². The van der Waals surface area contributed by atoms with Crippen molar-refractivity contribution in [1.29, 1.82) is 0 Å². The Labute approximate surface area is 129 Å². The number of imidazole rings is 1. The van der Waals surface area contributed by atoms with Gasteiger partial charge in [0.2, 0.25) is 5.95 Å². The topological polar surface area (TPSA) is 39.1 Å². The molecule has 0 amide bonds. The van der Waals surface area contributed by atoms with Crippen molar-refractivity contribution < 1.29 is 4.74 Å². The number of aryl methyl sites for hydroxylation is 1. The van der Waals surface area contributed by atoms with Crippen LogP contribution in [0, 0.1) is 11.8 Å². The van der Waals surface area contributed by atoms with Gasteiger partial charge in [0.15, 0.2) is 0 Å². The Balaban J connectivity index is 1.69. The highest BCUT2D eigenvalue weighted by atomic mass is 16.5. The van der Waals surface area contributed by atoms with Crippen LogP contribution in [0.4, 0.5) is 5.95 Å². The lowest BCUT2D eigenvalue weighted by Crippen LogP contribution is -2.16. The Morgan fingerprint density at radius 2 is 2.33 bits per heavy atom. The Bertz CT molecular complexity index is 391. The lowest BCUT2D eigenvalue weighted by Gasteiger charge is -2.26. The average molecular weight is 293 g/mol. The Hall–Kier alpha value is -1.03. The molecule has 0 spiro atoms. The van der Waals surface area contributed by atoms with E-state index in [4.69, 9.17) is 4.74 Å². The molecule has 0 saturated heterocycles. The molecule has 1 saturated carbocycles. The summed E-state index contributed by atoms with van der Waals surface area (Å²) in [6.45, 7) is 8.07. The van der Waals surface area contributed by atoms with Crippen LogP contribution in [0.2, 0.25) is 0 Å². The highest BCUT2D eigenvalue weighted by Gasteiger charge is 2.18. The fourth-order valence-corrected chi connectivity index (χ4v) is 3.32. The average Bonchev–Trinajstić information content (AvgIpc) is 2.92. The monoisotopic (exact) mass is 293 g/mol. The van der Waals surface area contributed by atoms with Gasteiger partial charge < -0.3 is 14.6 Å². The zero-order valence-electron chi connectivity index (χ0n) is 13.7. The van der Waals surface area contributed by atoms with Crippen LogP contribution in [-0.2, 0) is 11.3 Å². The molecule has 0 aliphatic heterocycles. The quantitative estimate of drug-likeness (QED) is 0.701. The minimum atomic E-state index is 0.800. The van der Waals surface area contributed by atoms with Crippen LogP contribution in [0.1, 0.15) is 52.4 Å². The number of hydrogen-bond acceptors (Lipinski definition) is 3. The van der Waals surface area contributed by atoms with Crippen molar-refractivity contribution >= 4 is 5.95 Å². The van der Waals surface area contributed by atoms with E-state index in [0.717, 1.165) is 50.5 Å². The van der Waals surface area contributed by atoms with Crippen LogP contribution in [0.15, 0.2) is 12.4 Å². The molecule has 4 nitrogen and oxygen atoms in total. The smallest absolute Gasteiger partial charge is 0.202 e. The van der Waals surface area contributed by atoms with E-state index in [2.05, 4.69) is 28.0 Å². The molecule has 1 aliphatic carbocycles. The molecule has 1 aliphatic rings. The summed E-state index contributed by atoms with van der Waals surface area (Å²) >= 11 is 0. The second kappa shape index (κ2) is 9.08. The predicted octanol–water partition coefficient (Wildman–Crippen LogP) is 3.94. The molecule has 2 atom stereocenters. The maximum atomic E-state index is 5.35. The Morgan fingerprint density at radius 3 is 3.14 bits per heavy atom. The number of anilines is 1. The van der Waals surface area contributed by atoms with Crippen molar-refractivity contribution in [3.05, 3.63) is 12.4 Å². The van der Waals surface area contributed by atoms with Crippen LogP contribution in [0.25, 0.3) is 0 Å². The molecule has 1 N–H and O–H groups in total. The van der Waals surface area contributed by atoms with Crippen LogP contribution in [0.5, 0.6) is 0 Å². The number of hydrogen-bond donors (Lipinski definition) is 1. The minimum absolute atomic E-state index is 0.800. The summed E-state index contributed by atoms with van der Waals surface area (Å²) < 4.78 is 7.62. The van der Waals surface area contributed by atoms with E-state index in [1.807, 2.05) is 13.1 Å². The first-order chi connectivity index (χ1) is 10.3. The van der Waals surface area contributed by atoms with Crippen molar-refractivity contribution in [2.75, 3.05) is 25.1 Å². The normalized spacial score (nSPS) is 22.4. The maximum absolute atomic E-state index is 5.35. The van der Waals surface area contributed by atoms with Gasteiger partial charge in [-0.25, -0.2) is 4.98 Å². The van der Waals surface area contributed by atoms with E-state index in [0.29, 0.717) is 0 Å². The van der Waals surface area contributed by atoms with Crippen molar-refractivity contribution in [3.63, 3.8) is 0 Å². The number of nitrogens with one attached hydrogen (secondary N) is 1. The molecule has 21 heavy (non-hydrogen) atoms. The summed E-state index contributed by atoms with van der Waals surface area (Å²) in [7, 11) is 0. The van der Waals surface area contributed by atoms with Crippen LogP contribution in [-0.4, -0.2) is 29.3 Å². The third-order valence-electron chi connectivity index (χ3n) is 4.49. The van der Waals surface area contributed by atoms with Gasteiger partial charge in [-0.05, 0) is 38.0 Å². The molecule has 2 rings (SSSR count). The third-order valence-corrected chi connectivity index (χ3v) is 4.49. The van der Waals surface area contributed by atoms with Crippen molar-refractivity contribution in [3.8, 4) is 0 Å². The van der Waals surface area contributed by atoms with E-state index in [9.17, 15) is 0 Å². The first-order valence-corrected chi connectivity index (χ1v) is 8.62.